The molecule has 0 radical (unpaired) electrons. The first kappa shape index (κ1) is 19.9. The van der Waals surface area contributed by atoms with E-state index in [0.29, 0.717) is 42.2 Å². The maximum Gasteiger partial charge on any atom is 0.240 e. The molecule has 28 heavy (non-hydrogen) atoms. The molecule has 0 spiro atoms. The number of piperidine rings is 2. The van der Waals surface area contributed by atoms with Crippen LogP contribution in [0.5, 0.6) is 0 Å². The summed E-state index contributed by atoms with van der Waals surface area (Å²) in [5.74, 6) is 3.28. The second-order valence-corrected chi connectivity index (χ2v) is 10.2. The van der Waals surface area contributed by atoms with E-state index in [1.165, 1.54) is 12.1 Å². The third-order valence-corrected chi connectivity index (χ3v) is 7.24. The van der Waals surface area contributed by atoms with Crippen molar-refractivity contribution >= 4 is 5.91 Å². The molecule has 5 atom stereocenters. The van der Waals surface area contributed by atoms with Crippen LogP contribution in [0.1, 0.15) is 46.1 Å². The van der Waals surface area contributed by atoms with Crippen LogP contribution in [0.25, 0.3) is 0 Å². The Morgan fingerprint density at radius 1 is 1.21 bits per heavy atom. The van der Waals surface area contributed by atoms with E-state index in [-0.39, 0.29) is 5.91 Å². The van der Waals surface area contributed by atoms with E-state index >= 15 is 0 Å². The van der Waals surface area contributed by atoms with Crippen molar-refractivity contribution in [2.45, 2.75) is 58.7 Å². The number of hydrogen-bond acceptors (Lipinski definition) is 3. The van der Waals surface area contributed by atoms with Crippen molar-refractivity contribution in [3.8, 4) is 0 Å². The van der Waals surface area contributed by atoms with Crippen LogP contribution in [-0.2, 0) is 11.3 Å². The normalized spacial score (nSPS) is 34.4. The van der Waals surface area contributed by atoms with Crippen molar-refractivity contribution in [2.24, 2.45) is 29.6 Å². The fourth-order valence-corrected chi connectivity index (χ4v) is 6.31. The highest BCUT2D eigenvalue weighted by Gasteiger charge is 2.64. The molecule has 0 aromatic heterocycles. The topological polar surface area (TPSA) is 44.4 Å². The predicted octanol–water partition coefficient (Wildman–Crippen LogP) is 3.28. The number of nitrogens with one attached hydrogen (secondary N) is 2. The summed E-state index contributed by atoms with van der Waals surface area (Å²) >= 11 is 0. The Balaban J connectivity index is 1.58. The molecule has 2 N–H and O–H groups in total. The molecule has 3 heterocycles. The smallest absolute Gasteiger partial charge is 0.240 e. The van der Waals surface area contributed by atoms with Gasteiger partial charge in [-0.2, -0.15) is 0 Å². The zero-order valence-corrected chi connectivity index (χ0v) is 17.9. The molecular weight excluding hydrogens is 346 g/mol. The van der Waals surface area contributed by atoms with Gasteiger partial charge < -0.3 is 10.6 Å². The summed E-state index contributed by atoms with van der Waals surface area (Å²) in [7, 11) is 0. The minimum atomic E-state index is -0.394. The molecule has 4 heteroatoms. The van der Waals surface area contributed by atoms with Gasteiger partial charge in [0.2, 0.25) is 5.91 Å². The van der Waals surface area contributed by atoms with Crippen LogP contribution in [0.3, 0.4) is 0 Å². The van der Waals surface area contributed by atoms with Crippen LogP contribution < -0.4 is 10.6 Å². The number of benzene rings is 1. The maximum absolute atomic E-state index is 13.6. The van der Waals surface area contributed by atoms with Crippen LogP contribution in [0.2, 0.25) is 0 Å². The van der Waals surface area contributed by atoms with Gasteiger partial charge in [0.15, 0.2) is 0 Å². The second kappa shape index (κ2) is 7.79. The molecule has 1 aromatic rings. The van der Waals surface area contributed by atoms with Gasteiger partial charge in [-0.25, -0.2) is 0 Å². The summed E-state index contributed by atoms with van der Waals surface area (Å²) in [5, 5.41) is 7.05. The molecule has 5 rings (SSSR count). The van der Waals surface area contributed by atoms with E-state index in [0.717, 1.165) is 25.9 Å². The molecule has 1 aliphatic carbocycles. The number of carbonyl (C=O) groups excluding carboxylic acids is 1. The third-order valence-electron chi connectivity index (χ3n) is 7.24. The highest BCUT2D eigenvalue weighted by Crippen LogP contribution is 2.53. The number of carbonyl (C=O) groups is 1. The Bertz CT molecular complexity index is 688. The number of rotatable bonds is 7. The molecule has 3 aliphatic heterocycles. The lowest BCUT2D eigenvalue weighted by Crippen LogP contribution is -2.74. The molecule has 1 amide bonds. The average Bonchev–Trinajstić information content (AvgIpc) is 2.95. The van der Waals surface area contributed by atoms with E-state index in [1.54, 1.807) is 0 Å². The molecule has 3 saturated heterocycles. The molecule has 1 saturated carbocycles. The highest BCUT2D eigenvalue weighted by atomic mass is 16.2. The van der Waals surface area contributed by atoms with Crippen molar-refractivity contribution in [1.82, 2.24) is 15.5 Å². The highest BCUT2D eigenvalue weighted by molar-refractivity contribution is 5.87. The Kier molecular flexibility index (Phi) is 5.54. The Hall–Kier alpha value is -1.39. The van der Waals surface area contributed by atoms with Crippen molar-refractivity contribution in [3.63, 3.8) is 0 Å². The molecule has 154 valence electrons. The van der Waals surface area contributed by atoms with Crippen molar-refractivity contribution < 1.29 is 4.79 Å². The van der Waals surface area contributed by atoms with E-state index in [4.69, 9.17) is 0 Å². The summed E-state index contributed by atoms with van der Waals surface area (Å²) in [6.07, 6.45) is 2.12. The van der Waals surface area contributed by atoms with Crippen LogP contribution in [-0.4, -0.2) is 42.0 Å². The van der Waals surface area contributed by atoms with Crippen molar-refractivity contribution in [1.29, 1.82) is 0 Å². The van der Waals surface area contributed by atoms with Crippen molar-refractivity contribution in [3.05, 3.63) is 35.9 Å². The summed E-state index contributed by atoms with van der Waals surface area (Å²) in [6.45, 7) is 13.2. The van der Waals surface area contributed by atoms with Crippen LogP contribution in [0.15, 0.2) is 30.3 Å². The van der Waals surface area contributed by atoms with Crippen molar-refractivity contribution in [2.75, 3.05) is 19.6 Å². The van der Waals surface area contributed by atoms with Gasteiger partial charge in [0.05, 0.1) is 0 Å². The number of fused-ring (bicyclic) bond motifs is 1. The van der Waals surface area contributed by atoms with E-state index in [9.17, 15) is 4.79 Å². The first-order valence-corrected chi connectivity index (χ1v) is 11.2. The first-order chi connectivity index (χ1) is 13.4. The summed E-state index contributed by atoms with van der Waals surface area (Å²) in [4.78, 5) is 16.3. The predicted molar refractivity (Wildman–Crippen MR) is 114 cm³/mol. The molecule has 4 aliphatic rings. The van der Waals surface area contributed by atoms with Gasteiger partial charge in [-0.3, -0.25) is 9.69 Å². The van der Waals surface area contributed by atoms with Gasteiger partial charge in [-0.15, -0.1) is 0 Å². The molecule has 4 nitrogen and oxygen atoms in total. The fraction of sp³-hybridized carbons (Fsp3) is 0.708. The minimum Gasteiger partial charge on any atom is -0.350 e. The molecular formula is C24H37N3O. The van der Waals surface area contributed by atoms with Gasteiger partial charge in [-0.1, -0.05) is 58.0 Å². The Morgan fingerprint density at radius 3 is 2.64 bits per heavy atom. The maximum atomic E-state index is 13.6. The second-order valence-electron chi connectivity index (χ2n) is 10.2. The Morgan fingerprint density at radius 2 is 1.96 bits per heavy atom. The average molecular weight is 384 g/mol. The molecule has 0 unspecified atom stereocenters. The minimum absolute atomic E-state index is 0.224. The van der Waals surface area contributed by atoms with Crippen LogP contribution in [0, 0.1) is 29.6 Å². The van der Waals surface area contributed by atoms with Gasteiger partial charge >= 0.3 is 0 Å². The lowest BCUT2D eigenvalue weighted by atomic mass is 9.57. The first-order valence-electron chi connectivity index (χ1n) is 11.2. The molecule has 4 bridgehead atoms. The number of amides is 1. The number of hydrogen-bond donors (Lipinski definition) is 2. The standard InChI is InChI=1S/C24H37N3O/c1-16(2)10-21-22-20-13-26-24(21,11-19(20)15-27(22)14-17(3)4)23(28)25-12-18-8-6-5-7-9-18/h5-9,16-17,19-22,26H,10-15H2,1-4H3,(H,25,28)/t19-,20-,21-,22+,24+/m1/s1. The van der Waals surface area contributed by atoms with Gasteiger partial charge in [0, 0.05) is 38.1 Å². The summed E-state index contributed by atoms with van der Waals surface area (Å²) in [6, 6.07) is 10.8. The third kappa shape index (κ3) is 3.50. The number of nitrogens with zero attached hydrogens (tertiary/aromatic N) is 1. The number of likely N-dealkylation sites (tertiary alicyclic amines) is 1. The quantitative estimate of drug-likeness (QED) is 0.759. The molecule has 1 aromatic carbocycles. The van der Waals surface area contributed by atoms with E-state index in [1.807, 2.05) is 18.2 Å². The monoisotopic (exact) mass is 383 g/mol. The summed E-state index contributed by atoms with van der Waals surface area (Å²) in [5.41, 5.74) is 0.774. The fourth-order valence-electron chi connectivity index (χ4n) is 6.31. The van der Waals surface area contributed by atoms with E-state index in [2.05, 4.69) is 55.4 Å². The SMILES string of the molecule is CC(C)C[C@@H]1[C@@H]2[C@@H]3CN[C@@]1(C(=O)NCc1ccccc1)C[C@@H]3CN2CC(C)C. The van der Waals surface area contributed by atoms with Gasteiger partial charge in [-0.05, 0) is 42.1 Å². The van der Waals surface area contributed by atoms with Gasteiger partial charge in [0.25, 0.3) is 0 Å². The van der Waals surface area contributed by atoms with Gasteiger partial charge in [0.1, 0.15) is 5.54 Å². The zero-order valence-electron chi connectivity index (χ0n) is 17.9. The van der Waals surface area contributed by atoms with Crippen LogP contribution in [0.4, 0.5) is 0 Å². The van der Waals surface area contributed by atoms with Crippen LogP contribution >= 0.6 is 0 Å². The zero-order chi connectivity index (χ0) is 19.9. The van der Waals surface area contributed by atoms with E-state index < -0.39 is 5.54 Å². The largest absolute Gasteiger partial charge is 0.350 e. The molecule has 4 fully saturated rings. The Labute approximate surface area is 170 Å². The summed E-state index contributed by atoms with van der Waals surface area (Å²) < 4.78 is 0. The lowest BCUT2D eigenvalue weighted by Gasteiger charge is -2.56. The lowest BCUT2D eigenvalue weighted by molar-refractivity contribution is -0.139.